The number of benzene rings is 2. The Bertz CT molecular complexity index is 2330. The summed E-state index contributed by atoms with van der Waals surface area (Å²) in [6.45, 7) is 5.09. The predicted molar refractivity (Wildman–Crippen MR) is 279 cm³/mol. The van der Waals surface area contributed by atoms with Crippen LogP contribution < -0.4 is 26.6 Å². The van der Waals surface area contributed by atoms with Gasteiger partial charge in [0, 0.05) is 44.6 Å². The SMILES string of the molecule is CCCCCCCCCCCCCCCC(=O)N(C)[C@H](CO)C(=O)N[C@H](C)C(=O)NCC(=O)N(C)[C@@H]1C(=O)N[C@@H](C)C(=O)N[C@H](C(=O)N[C@@H](C)C(=O)N2CCCC2C(=O)O)Cc2ccc(O)c(c2)-c2cc1ccc2O. The van der Waals surface area contributed by atoms with E-state index in [4.69, 9.17) is 0 Å². The highest BCUT2D eigenvalue weighted by atomic mass is 16.4. The summed E-state index contributed by atoms with van der Waals surface area (Å²) in [4.78, 5) is 124. The molecule has 2 heterocycles. The molecule has 4 rings (SSSR count). The van der Waals surface area contributed by atoms with Crippen LogP contribution in [-0.2, 0) is 49.6 Å². The molecule has 21 nitrogen and oxygen atoms in total. The van der Waals surface area contributed by atoms with Gasteiger partial charge in [0.15, 0.2) is 0 Å². The number of nitrogens with zero attached hydrogens (tertiary/aromatic N) is 3. The van der Waals surface area contributed by atoms with Crippen molar-refractivity contribution in [3.63, 3.8) is 0 Å². The Morgan fingerprint density at radius 2 is 1.33 bits per heavy atom. The topological polar surface area (TPSA) is 304 Å². The van der Waals surface area contributed by atoms with Gasteiger partial charge >= 0.3 is 5.97 Å². The second-order valence-electron chi connectivity index (χ2n) is 19.9. The summed E-state index contributed by atoms with van der Waals surface area (Å²) in [7, 11) is 2.68. The van der Waals surface area contributed by atoms with Gasteiger partial charge in [-0.2, -0.15) is 0 Å². The van der Waals surface area contributed by atoms with Gasteiger partial charge in [0.2, 0.25) is 47.3 Å². The number of amides is 8. The zero-order valence-electron chi connectivity index (χ0n) is 44.5. The molecule has 414 valence electrons. The van der Waals surface area contributed by atoms with Crippen LogP contribution >= 0.6 is 0 Å². The number of aliphatic carboxylic acids is 1. The molecular weight excluding hydrogens is 969 g/mol. The molecule has 0 spiro atoms. The van der Waals surface area contributed by atoms with Crippen LogP contribution in [0.2, 0.25) is 0 Å². The Balaban J connectivity index is 1.39. The zero-order chi connectivity index (χ0) is 55.4. The zero-order valence-corrected chi connectivity index (χ0v) is 44.5. The van der Waals surface area contributed by atoms with E-state index in [1.54, 1.807) is 0 Å². The summed E-state index contributed by atoms with van der Waals surface area (Å²) in [6.07, 6.45) is 15.7. The number of nitrogens with one attached hydrogen (secondary N) is 5. The van der Waals surface area contributed by atoms with E-state index in [1.807, 2.05) is 0 Å². The third-order valence-corrected chi connectivity index (χ3v) is 14.1. The molecule has 21 heteroatoms. The molecule has 8 amide bonds. The average molecular weight is 1050 g/mol. The monoisotopic (exact) mass is 1050 g/mol. The van der Waals surface area contributed by atoms with Gasteiger partial charge in [-0.25, -0.2) is 4.79 Å². The van der Waals surface area contributed by atoms with Crippen LogP contribution in [0.1, 0.15) is 148 Å². The first-order valence-electron chi connectivity index (χ1n) is 26.5. The number of phenolic OH excluding ortho intramolecular Hbond substituents is 2. The lowest BCUT2D eigenvalue weighted by Gasteiger charge is -2.30. The highest BCUT2D eigenvalue weighted by Crippen LogP contribution is 2.39. The lowest BCUT2D eigenvalue weighted by molar-refractivity contribution is -0.149. The van der Waals surface area contributed by atoms with Crippen molar-refractivity contribution in [2.75, 3.05) is 33.8 Å². The molecule has 0 aromatic heterocycles. The molecule has 75 heavy (non-hydrogen) atoms. The number of carboxylic acid groups (broad SMARTS) is 1. The second kappa shape index (κ2) is 29.9. The minimum Gasteiger partial charge on any atom is -0.507 e. The second-order valence-corrected chi connectivity index (χ2v) is 19.9. The van der Waals surface area contributed by atoms with E-state index < -0.39 is 103 Å². The van der Waals surface area contributed by atoms with Gasteiger partial charge in [0.1, 0.15) is 53.8 Å². The van der Waals surface area contributed by atoms with Crippen molar-refractivity contribution in [1.82, 2.24) is 41.3 Å². The summed E-state index contributed by atoms with van der Waals surface area (Å²) >= 11 is 0. The maximum Gasteiger partial charge on any atom is 0.326 e. The summed E-state index contributed by atoms with van der Waals surface area (Å²) in [5.74, 6) is -7.71. The standard InChI is InChI=1S/C54H80N8O13/c1-7-8-9-10-11-12-13-14-15-16-17-18-19-22-45(66)60(5)42(32-63)51(71)56-33(2)48(68)55-31-46(67)61(6)47-37-24-26-44(65)39(30-37)38-28-36(23-25-43(38)64)29-40(59-49(69)34(3)57-52(47)72)50(70)58-35(4)53(73)62-27-20-21-41(62)54(74)75/h23-26,28,30,33-35,40-42,47,63-65H,7-22,27,29,31-32H2,1-6H3,(H,55,68)(H,56,71)(H,57,72)(H,58,70)(H,59,69)(H,74,75)/t33-,34+,35+,40+,41?,42-,47+/m1/s1. The van der Waals surface area contributed by atoms with E-state index in [2.05, 4.69) is 33.5 Å². The summed E-state index contributed by atoms with van der Waals surface area (Å²) in [5.41, 5.74) is 0.609. The van der Waals surface area contributed by atoms with E-state index >= 15 is 0 Å². The number of hydrogen-bond acceptors (Lipinski definition) is 12. The fraction of sp³-hybridized carbons (Fsp3) is 0.611. The first-order chi connectivity index (χ1) is 35.7. The number of carbonyl (C=O) groups excluding carboxylic acids is 8. The number of aliphatic hydroxyl groups excluding tert-OH is 1. The molecule has 0 saturated carbocycles. The fourth-order valence-electron chi connectivity index (χ4n) is 9.41. The molecule has 7 atom stereocenters. The number of fused-ring (bicyclic) bond motifs is 5. The maximum absolute atomic E-state index is 14.2. The number of hydrogen-bond donors (Lipinski definition) is 9. The van der Waals surface area contributed by atoms with E-state index in [1.165, 1.54) is 128 Å². The molecule has 2 aromatic carbocycles. The average Bonchev–Trinajstić information content (AvgIpc) is 3.88. The van der Waals surface area contributed by atoms with Gasteiger partial charge < -0.3 is 61.7 Å². The van der Waals surface area contributed by atoms with Crippen molar-refractivity contribution in [3.8, 4) is 22.6 Å². The Morgan fingerprint density at radius 3 is 1.93 bits per heavy atom. The number of aliphatic hydroxyl groups is 1. The fourth-order valence-corrected chi connectivity index (χ4v) is 9.41. The molecule has 1 saturated heterocycles. The molecule has 2 aliphatic rings. The summed E-state index contributed by atoms with van der Waals surface area (Å²) in [5, 5.41) is 54.5. The molecule has 2 aliphatic heterocycles. The largest absolute Gasteiger partial charge is 0.507 e. The van der Waals surface area contributed by atoms with Gasteiger partial charge in [0.05, 0.1) is 13.2 Å². The summed E-state index contributed by atoms with van der Waals surface area (Å²) < 4.78 is 0. The number of phenols is 2. The highest BCUT2D eigenvalue weighted by molar-refractivity contribution is 5.98. The lowest BCUT2D eigenvalue weighted by Crippen LogP contribution is -2.58. The third kappa shape index (κ3) is 17.7. The highest BCUT2D eigenvalue weighted by Gasteiger charge is 2.38. The van der Waals surface area contributed by atoms with E-state index in [9.17, 15) is 63.6 Å². The third-order valence-electron chi connectivity index (χ3n) is 14.1. The van der Waals surface area contributed by atoms with E-state index in [-0.39, 0.29) is 59.9 Å². The summed E-state index contributed by atoms with van der Waals surface area (Å²) in [6, 6.07) is -0.773. The number of unbranched alkanes of at least 4 members (excludes halogenated alkanes) is 12. The number of rotatable bonds is 26. The van der Waals surface area contributed by atoms with Crippen LogP contribution in [0.15, 0.2) is 36.4 Å². The van der Waals surface area contributed by atoms with Gasteiger partial charge in [0.25, 0.3) is 0 Å². The van der Waals surface area contributed by atoms with Crippen LogP contribution in [0.3, 0.4) is 0 Å². The lowest BCUT2D eigenvalue weighted by atomic mass is 9.93. The number of carbonyl (C=O) groups is 9. The first-order valence-corrected chi connectivity index (χ1v) is 26.5. The molecule has 1 unspecified atom stereocenters. The Hall–Kier alpha value is -6.77. The van der Waals surface area contributed by atoms with Gasteiger partial charge in [-0.05, 0) is 75.4 Å². The number of aromatic hydroxyl groups is 2. The van der Waals surface area contributed by atoms with Crippen LogP contribution in [0.5, 0.6) is 11.5 Å². The van der Waals surface area contributed by atoms with Crippen molar-refractivity contribution < 1.29 is 63.6 Å². The first kappa shape index (κ1) is 60.8. The number of carboxylic acids is 1. The number of likely N-dealkylation sites (tertiary alicyclic amines) is 1. The molecule has 0 radical (unpaired) electrons. The maximum atomic E-state index is 14.2. The van der Waals surface area contributed by atoms with Crippen LogP contribution in [0.25, 0.3) is 11.1 Å². The minimum absolute atomic E-state index is 0.0319. The smallest absolute Gasteiger partial charge is 0.326 e. The molecule has 1 fully saturated rings. The quantitative estimate of drug-likeness (QED) is 0.0612. The minimum atomic E-state index is -1.53. The van der Waals surface area contributed by atoms with Gasteiger partial charge in [-0.1, -0.05) is 96.1 Å². The Labute approximate surface area is 439 Å². The molecule has 0 aliphatic carbocycles. The molecule has 4 bridgehead atoms. The van der Waals surface area contributed by atoms with Crippen molar-refractivity contribution in [2.45, 2.75) is 179 Å². The van der Waals surface area contributed by atoms with Crippen LogP contribution in [0, 0.1) is 0 Å². The van der Waals surface area contributed by atoms with Gasteiger partial charge in [-0.15, -0.1) is 0 Å². The van der Waals surface area contributed by atoms with Crippen molar-refractivity contribution >= 4 is 53.2 Å². The number of likely N-dealkylation sites (N-methyl/N-ethyl adjacent to an activating group) is 2. The molecule has 9 N–H and O–H groups in total. The van der Waals surface area contributed by atoms with Crippen molar-refractivity contribution in [3.05, 3.63) is 47.5 Å². The normalized spacial score (nSPS) is 18.8. The Morgan fingerprint density at radius 1 is 0.747 bits per heavy atom. The van der Waals surface area contributed by atoms with Crippen LogP contribution in [0.4, 0.5) is 0 Å². The van der Waals surface area contributed by atoms with Crippen molar-refractivity contribution in [1.29, 1.82) is 0 Å². The van der Waals surface area contributed by atoms with E-state index in [0.29, 0.717) is 18.4 Å². The van der Waals surface area contributed by atoms with E-state index in [0.717, 1.165) is 35.5 Å². The molecule has 2 aromatic rings. The predicted octanol–water partition coefficient (Wildman–Crippen LogP) is 3.31. The van der Waals surface area contributed by atoms with Crippen LogP contribution in [-0.4, -0.2) is 158 Å². The van der Waals surface area contributed by atoms with Gasteiger partial charge in [-0.3, -0.25) is 38.4 Å². The Kier molecular flexibility index (Phi) is 24.3. The van der Waals surface area contributed by atoms with Crippen molar-refractivity contribution in [2.24, 2.45) is 0 Å². The molecular formula is C54H80N8O13.